The summed E-state index contributed by atoms with van der Waals surface area (Å²) in [5.41, 5.74) is 12.1. The molecule has 4 rings (SSSR count). The fourth-order valence-electron chi connectivity index (χ4n) is 5.53. The summed E-state index contributed by atoms with van der Waals surface area (Å²) in [6.07, 6.45) is 0.303. The zero-order valence-electron chi connectivity index (χ0n) is 17.0. The molecule has 4 saturated heterocycles. The van der Waals surface area contributed by atoms with Gasteiger partial charge in [0.05, 0.1) is 30.3 Å². The molecule has 4 aliphatic rings. The Morgan fingerprint density at radius 3 is 2.52 bits per heavy atom. The van der Waals surface area contributed by atoms with Crippen molar-refractivity contribution in [1.29, 1.82) is 0 Å². The first-order valence-electron chi connectivity index (χ1n) is 10.9. The minimum absolute atomic E-state index is 0.0669. The summed E-state index contributed by atoms with van der Waals surface area (Å²) in [5.74, 6) is -1.54. The Morgan fingerprint density at radius 2 is 1.76 bits per heavy atom. The van der Waals surface area contributed by atoms with Gasteiger partial charge in [-0.1, -0.05) is 19.3 Å². The molecule has 4 bridgehead atoms. The summed E-state index contributed by atoms with van der Waals surface area (Å²) in [6.45, 7) is 1.02. The maximum atomic E-state index is 13.7. The largest absolute Gasteiger partial charge is 0.395 e. The molecule has 168 valence electrons. The average molecular weight is 422 g/mol. The number of alkyl halides is 3. The summed E-state index contributed by atoms with van der Waals surface area (Å²) < 4.78 is 52.5. The SMILES string of the molecule is COC1CC2NC(C3NNC(O3)C(C(F)(F)F)CCCCC[C@@H]3CCCN23)C1N. The van der Waals surface area contributed by atoms with E-state index >= 15 is 0 Å². The van der Waals surface area contributed by atoms with Gasteiger partial charge in [0.25, 0.3) is 0 Å². The predicted molar refractivity (Wildman–Crippen MR) is 101 cm³/mol. The van der Waals surface area contributed by atoms with Crippen molar-refractivity contribution < 1.29 is 22.6 Å². The van der Waals surface area contributed by atoms with Crippen LogP contribution in [0, 0.1) is 5.92 Å². The standard InChI is InChI=1S/C19H34F3N5O2/c1-28-13-10-14-24-16(15(13)23)18-26-25-17(29-18)12(19(20,21)22)8-4-2-3-6-11-7-5-9-27(11)14/h11-18,24-26H,2-10,23H2,1H3/t11-,12?,13?,14?,15?,16?,17?,18?/m1/s1. The fourth-order valence-corrected chi connectivity index (χ4v) is 5.53. The van der Waals surface area contributed by atoms with Crippen LogP contribution in [-0.4, -0.2) is 67.6 Å². The molecule has 8 atom stereocenters. The van der Waals surface area contributed by atoms with E-state index in [0.29, 0.717) is 12.5 Å². The van der Waals surface area contributed by atoms with Gasteiger partial charge in [-0.15, -0.1) is 0 Å². The Balaban J connectivity index is 1.58. The number of halogens is 3. The van der Waals surface area contributed by atoms with Crippen LogP contribution >= 0.6 is 0 Å². The second-order valence-electron chi connectivity index (χ2n) is 8.88. The highest BCUT2D eigenvalue weighted by atomic mass is 19.4. The van der Waals surface area contributed by atoms with E-state index in [-0.39, 0.29) is 30.8 Å². The second kappa shape index (κ2) is 8.94. The first-order chi connectivity index (χ1) is 13.9. The first-order valence-corrected chi connectivity index (χ1v) is 10.9. The monoisotopic (exact) mass is 421 g/mol. The van der Waals surface area contributed by atoms with Crippen molar-refractivity contribution in [2.24, 2.45) is 11.7 Å². The second-order valence-corrected chi connectivity index (χ2v) is 8.88. The van der Waals surface area contributed by atoms with E-state index in [1.54, 1.807) is 7.11 Å². The number of fused-ring (bicyclic) bond motifs is 7. The Labute approximate surface area is 170 Å². The number of nitrogens with zero attached hydrogens (tertiary/aromatic N) is 1. The molecule has 4 heterocycles. The quantitative estimate of drug-likeness (QED) is 0.509. The summed E-state index contributed by atoms with van der Waals surface area (Å²) in [7, 11) is 1.65. The highest BCUT2D eigenvalue weighted by Crippen LogP contribution is 2.36. The van der Waals surface area contributed by atoms with Crippen molar-refractivity contribution in [2.75, 3.05) is 13.7 Å². The molecule has 0 aliphatic carbocycles. The smallest absolute Gasteiger partial charge is 0.380 e. The van der Waals surface area contributed by atoms with Crippen LogP contribution in [0.2, 0.25) is 0 Å². The molecule has 0 saturated carbocycles. The van der Waals surface area contributed by atoms with Crippen LogP contribution in [0.1, 0.15) is 51.4 Å². The van der Waals surface area contributed by atoms with Crippen LogP contribution in [0.5, 0.6) is 0 Å². The normalized spacial score (nSPS) is 45.0. The van der Waals surface area contributed by atoms with Crippen LogP contribution in [0.15, 0.2) is 0 Å². The van der Waals surface area contributed by atoms with Crippen molar-refractivity contribution in [2.45, 2.75) is 100 Å². The summed E-state index contributed by atoms with van der Waals surface area (Å²) >= 11 is 0. The fraction of sp³-hybridized carbons (Fsp3) is 1.00. The minimum atomic E-state index is -4.31. The first kappa shape index (κ1) is 21.7. The van der Waals surface area contributed by atoms with Crippen molar-refractivity contribution >= 4 is 0 Å². The van der Waals surface area contributed by atoms with Gasteiger partial charge in [0.1, 0.15) is 12.5 Å². The Hall–Kier alpha value is -0.490. The van der Waals surface area contributed by atoms with Gasteiger partial charge in [-0.2, -0.15) is 13.2 Å². The van der Waals surface area contributed by atoms with E-state index in [2.05, 4.69) is 21.1 Å². The molecule has 29 heavy (non-hydrogen) atoms. The number of nitrogens with one attached hydrogen (secondary N) is 3. The highest BCUT2D eigenvalue weighted by Gasteiger charge is 2.51. The van der Waals surface area contributed by atoms with Gasteiger partial charge in [0.2, 0.25) is 0 Å². The third kappa shape index (κ3) is 4.58. The van der Waals surface area contributed by atoms with Crippen molar-refractivity contribution in [3.63, 3.8) is 0 Å². The number of nitrogens with two attached hydrogens (primary N) is 1. The van der Waals surface area contributed by atoms with E-state index in [9.17, 15) is 13.2 Å². The minimum Gasteiger partial charge on any atom is -0.380 e. The van der Waals surface area contributed by atoms with Gasteiger partial charge in [0, 0.05) is 19.6 Å². The van der Waals surface area contributed by atoms with Crippen molar-refractivity contribution in [3.8, 4) is 0 Å². The van der Waals surface area contributed by atoms with Gasteiger partial charge >= 0.3 is 6.18 Å². The van der Waals surface area contributed by atoms with Crippen LogP contribution in [0.25, 0.3) is 0 Å². The highest BCUT2D eigenvalue weighted by molar-refractivity contribution is 5.01. The third-order valence-electron chi connectivity index (χ3n) is 7.14. The molecule has 0 aromatic rings. The van der Waals surface area contributed by atoms with Gasteiger partial charge in [-0.3, -0.25) is 10.2 Å². The molecule has 7 unspecified atom stereocenters. The van der Waals surface area contributed by atoms with Gasteiger partial charge in [0.15, 0.2) is 0 Å². The zero-order valence-corrected chi connectivity index (χ0v) is 17.0. The molecule has 7 nitrogen and oxygen atoms in total. The average Bonchev–Trinajstić information content (AvgIpc) is 3.33. The van der Waals surface area contributed by atoms with E-state index in [0.717, 1.165) is 45.1 Å². The number of ether oxygens (including phenoxy) is 2. The number of rotatable bonds is 1. The summed E-state index contributed by atoms with van der Waals surface area (Å²) in [6, 6.07) is -0.272. The molecule has 0 radical (unpaired) electrons. The summed E-state index contributed by atoms with van der Waals surface area (Å²) in [5, 5.41) is 3.59. The molecule has 4 aliphatic heterocycles. The predicted octanol–water partition coefficient (Wildman–Crippen LogP) is 1.40. The third-order valence-corrected chi connectivity index (χ3v) is 7.14. The number of hydrogen-bond donors (Lipinski definition) is 4. The summed E-state index contributed by atoms with van der Waals surface area (Å²) in [4.78, 5) is 2.51. The zero-order chi connectivity index (χ0) is 20.6. The van der Waals surface area contributed by atoms with Crippen molar-refractivity contribution in [3.05, 3.63) is 0 Å². The van der Waals surface area contributed by atoms with Gasteiger partial charge in [-0.05, 0) is 32.2 Å². The number of methoxy groups -OCH3 is 1. The van der Waals surface area contributed by atoms with E-state index < -0.39 is 24.6 Å². The van der Waals surface area contributed by atoms with Crippen LogP contribution in [0.4, 0.5) is 13.2 Å². The van der Waals surface area contributed by atoms with E-state index in [1.807, 2.05) is 0 Å². The molecule has 0 spiro atoms. The topological polar surface area (TPSA) is 83.8 Å². The molecule has 0 aromatic heterocycles. The lowest BCUT2D eigenvalue weighted by Crippen LogP contribution is -2.70. The molecule has 0 aromatic carbocycles. The number of hydrazine groups is 1. The van der Waals surface area contributed by atoms with E-state index in [1.165, 1.54) is 0 Å². The lowest BCUT2D eigenvalue weighted by molar-refractivity contribution is -0.212. The number of hydrogen-bond acceptors (Lipinski definition) is 7. The van der Waals surface area contributed by atoms with Gasteiger partial charge in [-0.25, -0.2) is 10.9 Å². The molecular formula is C19H34F3N5O2. The Bertz CT molecular complexity index is 554. The lowest BCUT2D eigenvalue weighted by atomic mass is 9.91. The van der Waals surface area contributed by atoms with Crippen molar-refractivity contribution in [1.82, 2.24) is 21.1 Å². The molecule has 0 amide bonds. The number of piperidine rings is 1. The molecule has 4 fully saturated rings. The maximum absolute atomic E-state index is 13.7. The van der Waals surface area contributed by atoms with Crippen LogP contribution < -0.4 is 21.9 Å². The van der Waals surface area contributed by atoms with E-state index in [4.69, 9.17) is 15.2 Å². The molecular weight excluding hydrogens is 387 g/mol. The van der Waals surface area contributed by atoms with Crippen LogP contribution in [0.3, 0.4) is 0 Å². The Morgan fingerprint density at radius 1 is 1.03 bits per heavy atom. The van der Waals surface area contributed by atoms with Gasteiger partial charge < -0.3 is 15.2 Å². The lowest BCUT2D eigenvalue weighted by Gasteiger charge is -2.46. The molecule has 10 heteroatoms. The van der Waals surface area contributed by atoms with Crippen LogP contribution in [-0.2, 0) is 9.47 Å². The Kier molecular flexibility index (Phi) is 6.70. The maximum Gasteiger partial charge on any atom is 0.395 e. The molecule has 5 N–H and O–H groups in total.